The van der Waals surface area contributed by atoms with Crippen molar-refractivity contribution < 1.29 is 22.7 Å². The molecule has 0 bridgehead atoms. The van der Waals surface area contributed by atoms with Crippen LogP contribution in [0.4, 0.5) is 30.2 Å². The Balaban J connectivity index is 1.20. The molecule has 2 fully saturated rings. The normalized spacial score (nSPS) is 21.0. The molecule has 2 aliphatic rings. The Morgan fingerprint density at radius 3 is 2.31 bits per heavy atom. The Morgan fingerprint density at radius 2 is 1.69 bits per heavy atom. The Hall–Kier alpha value is -3.14. The third kappa shape index (κ3) is 6.50. The predicted molar refractivity (Wildman–Crippen MR) is 128 cm³/mol. The van der Waals surface area contributed by atoms with Crippen LogP contribution in [0.1, 0.15) is 31.2 Å². The van der Waals surface area contributed by atoms with Crippen LogP contribution in [-0.4, -0.2) is 55.7 Å². The summed E-state index contributed by atoms with van der Waals surface area (Å²) >= 11 is 0. The molecule has 7 nitrogen and oxygen atoms in total. The van der Waals surface area contributed by atoms with Gasteiger partial charge in [0.1, 0.15) is 12.3 Å². The van der Waals surface area contributed by atoms with Crippen LogP contribution in [0.15, 0.2) is 53.7 Å². The van der Waals surface area contributed by atoms with Crippen LogP contribution in [0.3, 0.4) is 0 Å². The molecule has 188 valence electrons. The highest BCUT2D eigenvalue weighted by Crippen LogP contribution is 2.38. The minimum absolute atomic E-state index is 0.0203. The van der Waals surface area contributed by atoms with Crippen LogP contribution >= 0.6 is 0 Å². The molecular formula is C25H29F3N4O3. The predicted octanol–water partition coefficient (Wildman–Crippen LogP) is 5.19. The first kappa shape index (κ1) is 25.0. The van der Waals surface area contributed by atoms with E-state index < -0.39 is 11.7 Å². The first-order chi connectivity index (χ1) is 16.8. The van der Waals surface area contributed by atoms with Crippen LogP contribution in [0.25, 0.3) is 0 Å². The summed E-state index contributed by atoms with van der Waals surface area (Å²) in [5, 5.41) is 5.56. The van der Waals surface area contributed by atoms with Gasteiger partial charge in [-0.1, -0.05) is 18.2 Å². The summed E-state index contributed by atoms with van der Waals surface area (Å²) in [5.74, 6) is -0.0309. The van der Waals surface area contributed by atoms with E-state index in [9.17, 15) is 22.9 Å². The fourth-order valence-electron chi connectivity index (χ4n) is 4.68. The van der Waals surface area contributed by atoms with E-state index in [1.807, 2.05) is 23.1 Å². The summed E-state index contributed by atoms with van der Waals surface area (Å²) in [6.45, 7) is 2.86. The number of hydrogen-bond acceptors (Lipinski definition) is 6. The molecular weight excluding hydrogens is 461 g/mol. The largest absolute Gasteiger partial charge is 0.418 e. The third-order valence-corrected chi connectivity index (χ3v) is 6.64. The summed E-state index contributed by atoms with van der Waals surface area (Å²) in [6, 6.07) is 13.2. The van der Waals surface area contributed by atoms with Gasteiger partial charge in [-0.25, -0.2) is 0 Å². The Morgan fingerprint density at radius 1 is 1.00 bits per heavy atom. The summed E-state index contributed by atoms with van der Waals surface area (Å²) < 4.78 is 46.0. The lowest BCUT2D eigenvalue weighted by Crippen LogP contribution is -2.50. The maximum Gasteiger partial charge on any atom is 0.418 e. The molecule has 2 aromatic carbocycles. The Kier molecular flexibility index (Phi) is 7.90. The van der Waals surface area contributed by atoms with Gasteiger partial charge in [-0.15, -0.1) is 4.91 Å². The molecule has 1 N–H and O–H groups in total. The van der Waals surface area contributed by atoms with Crippen molar-refractivity contribution in [1.29, 1.82) is 0 Å². The number of nitrogens with one attached hydrogen (secondary N) is 1. The average Bonchev–Trinajstić information content (AvgIpc) is 2.88. The van der Waals surface area contributed by atoms with Crippen molar-refractivity contribution in [2.24, 2.45) is 5.18 Å². The van der Waals surface area contributed by atoms with Crippen molar-refractivity contribution in [3.63, 3.8) is 0 Å². The molecule has 1 amide bonds. The second-order valence-corrected chi connectivity index (χ2v) is 8.95. The van der Waals surface area contributed by atoms with Gasteiger partial charge in [0.05, 0.1) is 11.7 Å². The molecule has 1 aliphatic heterocycles. The molecule has 1 aliphatic carbocycles. The number of amides is 1. The fourth-order valence-corrected chi connectivity index (χ4v) is 4.68. The van der Waals surface area contributed by atoms with Crippen molar-refractivity contribution in [2.75, 3.05) is 43.0 Å². The van der Waals surface area contributed by atoms with E-state index in [4.69, 9.17) is 4.74 Å². The number of rotatable bonds is 7. The highest BCUT2D eigenvalue weighted by atomic mass is 19.4. The number of hydrogen-bond donors (Lipinski definition) is 1. The van der Waals surface area contributed by atoms with Crippen LogP contribution in [0.2, 0.25) is 0 Å². The summed E-state index contributed by atoms with van der Waals surface area (Å²) in [7, 11) is 0. The van der Waals surface area contributed by atoms with Crippen molar-refractivity contribution in [1.82, 2.24) is 4.90 Å². The van der Waals surface area contributed by atoms with E-state index in [1.54, 1.807) is 0 Å². The highest BCUT2D eigenvalue weighted by molar-refractivity contribution is 5.77. The zero-order valence-corrected chi connectivity index (χ0v) is 19.3. The third-order valence-electron chi connectivity index (χ3n) is 6.64. The maximum atomic E-state index is 13.4. The lowest BCUT2D eigenvalue weighted by molar-refractivity contribution is -0.139. The van der Waals surface area contributed by atoms with Crippen LogP contribution in [0, 0.1) is 4.91 Å². The lowest BCUT2D eigenvalue weighted by atomic mass is 9.92. The van der Waals surface area contributed by atoms with Crippen molar-refractivity contribution in [3.8, 4) is 0 Å². The highest BCUT2D eigenvalue weighted by Gasteiger charge is 2.35. The molecule has 4 rings (SSSR count). The summed E-state index contributed by atoms with van der Waals surface area (Å²) in [6.07, 6.45) is -2.12. The van der Waals surface area contributed by atoms with Crippen molar-refractivity contribution >= 4 is 23.0 Å². The minimum Gasteiger partial charge on any atom is -0.382 e. The van der Waals surface area contributed by atoms with Crippen molar-refractivity contribution in [3.05, 3.63) is 59.0 Å². The molecule has 35 heavy (non-hydrogen) atoms. The van der Waals surface area contributed by atoms with Crippen LogP contribution < -0.4 is 10.2 Å². The molecule has 0 atom stereocenters. The number of carbonyl (C=O) groups excluding carboxylic acids is 1. The number of alkyl halides is 3. The van der Waals surface area contributed by atoms with E-state index in [0.717, 1.165) is 24.8 Å². The average molecular weight is 491 g/mol. The number of piperazine rings is 1. The topological polar surface area (TPSA) is 74.2 Å². The van der Waals surface area contributed by atoms with Gasteiger partial charge in [0.2, 0.25) is 5.91 Å². The molecule has 1 saturated carbocycles. The molecule has 0 radical (unpaired) electrons. The fraction of sp³-hybridized carbons (Fsp3) is 0.480. The van der Waals surface area contributed by atoms with E-state index in [-0.39, 0.29) is 36.0 Å². The zero-order chi connectivity index (χ0) is 24.8. The van der Waals surface area contributed by atoms with Crippen LogP contribution in [-0.2, 0) is 15.7 Å². The number of anilines is 2. The molecule has 0 unspecified atom stereocenters. The van der Waals surface area contributed by atoms with Gasteiger partial charge in [0.25, 0.3) is 0 Å². The van der Waals surface area contributed by atoms with Gasteiger partial charge in [-0.2, -0.15) is 13.2 Å². The first-order valence-electron chi connectivity index (χ1n) is 11.8. The standard InChI is InChI=1S/C25H29F3N4O3/c26-25(27,28)22-16-19(30-34)8-11-23(22)29-18-6-9-21(10-7-18)35-17-24(33)32-14-12-31(13-15-32)20-4-2-1-3-5-20/h1-5,8,11,16,18,21,29H,6-7,9-10,12-15,17H2. The van der Waals surface area contributed by atoms with Crippen molar-refractivity contribution in [2.45, 2.75) is 44.0 Å². The Labute approximate surface area is 202 Å². The SMILES string of the molecule is O=Nc1ccc(NC2CCC(OCC(=O)N3CCN(c4ccccc4)CC3)CC2)c(C(F)(F)F)c1. The van der Waals surface area contributed by atoms with Gasteiger partial charge >= 0.3 is 6.18 Å². The number of ether oxygens (including phenoxy) is 1. The van der Waals surface area contributed by atoms with Gasteiger partial charge < -0.3 is 19.9 Å². The minimum atomic E-state index is -4.59. The monoisotopic (exact) mass is 490 g/mol. The molecule has 10 heteroatoms. The number of nitrogens with zero attached hydrogens (tertiary/aromatic N) is 3. The number of para-hydroxylation sites is 1. The van der Waals surface area contributed by atoms with Gasteiger partial charge in [0.15, 0.2) is 0 Å². The van der Waals surface area contributed by atoms with Gasteiger partial charge in [-0.05, 0) is 61.2 Å². The Bertz CT molecular complexity index is 1000. The molecule has 2 aromatic rings. The number of carbonyl (C=O) groups is 1. The van der Waals surface area contributed by atoms with E-state index in [1.165, 1.54) is 12.1 Å². The molecule has 0 spiro atoms. The van der Waals surface area contributed by atoms with E-state index >= 15 is 0 Å². The van der Waals surface area contributed by atoms with Gasteiger partial charge in [0, 0.05) is 43.6 Å². The molecule has 1 saturated heterocycles. The second kappa shape index (κ2) is 11.1. The van der Waals surface area contributed by atoms with E-state index in [2.05, 4.69) is 27.5 Å². The quantitative estimate of drug-likeness (QED) is 0.541. The summed E-state index contributed by atoms with van der Waals surface area (Å²) in [4.78, 5) is 27.3. The second-order valence-electron chi connectivity index (χ2n) is 8.95. The van der Waals surface area contributed by atoms with E-state index in [0.29, 0.717) is 38.8 Å². The molecule has 1 heterocycles. The summed E-state index contributed by atoms with van der Waals surface area (Å²) in [5.41, 5.74) is -0.0592. The molecule has 0 aromatic heterocycles. The number of benzene rings is 2. The van der Waals surface area contributed by atoms with Gasteiger partial charge in [-0.3, -0.25) is 4.79 Å². The van der Waals surface area contributed by atoms with Crippen LogP contribution in [0.5, 0.6) is 0 Å². The first-order valence-corrected chi connectivity index (χ1v) is 11.8. The number of halogens is 3. The smallest absolute Gasteiger partial charge is 0.382 e. The number of nitroso groups, excluding NO2 is 1. The zero-order valence-electron chi connectivity index (χ0n) is 19.3. The maximum absolute atomic E-state index is 13.4. The lowest BCUT2D eigenvalue weighted by Gasteiger charge is -2.36.